The van der Waals surface area contributed by atoms with Crippen LogP contribution in [0.3, 0.4) is 0 Å². The highest BCUT2D eigenvalue weighted by Gasteiger charge is 2.06. The lowest BCUT2D eigenvalue weighted by Crippen LogP contribution is -2.29. The zero-order valence-electron chi connectivity index (χ0n) is 11.7. The predicted molar refractivity (Wildman–Crippen MR) is 83.1 cm³/mol. The van der Waals surface area contributed by atoms with Crippen LogP contribution in [0, 0.1) is 0 Å². The number of hydrogen-bond acceptors (Lipinski definition) is 4. The fourth-order valence-electron chi connectivity index (χ4n) is 1.67. The van der Waals surface area contributed by atoms with Gasteiger partial charge < -0.3 is 9.15 Å². The molecular formula is C15H15Cl2NO4. The van der Waals surface area contributed by atoms with Gasteiger partial charge in [0.05, 0.1) is 17.9 Å². The summed E-state index contributed by atoms with van der Waals surface area (Å²) in [5, 5.41) is 0.848. The number of rotatable bonds is 8. The maximum Gasteiger partial charge on any atom is 0.281 e. The minimum absolute atomic E-state index is 0.195. The standard InChI is InChI=1S/C15H15Cl2NO4/c16-11-5-6-14(13(17)9-11)21-10-15(19)18-22-8-2-4-12-3-1-7-20-12/h1,3,5-7,9H,2,4,8,10H2,(H,18,19). The van der Waals surface area contributed by atoms with Gasteiger partial charge in [-0.15, -0.1) is 0 Å². The lowest BCUT2D eigenvalue weighted by molar-refractivity contribution is -0.135. The lowest BCUT2D eigenvalue weighted by atomic mass is 10.3. The summed E-state index contributed by atoms with van der Waals surface area (Å²) in [6.45, 7) is 0.188. The van der Waals surface area contributed by atoms with Gasteiger partial charge in [0.1, 0.15) is 11.5 Å². The minimum Gasteiger partial charge on any atom is -0.482 e. The molecule has 5 nitrogen and oxygen atoms in total. The highest BCUT2D eigenvalue weighted by atomic mass is 35.5. The molecule has 0 spiro atoms. The van der Waals surface area contributed by atoms with E-state index in [2.05, 4.69) is 5.48 Å². The molecule has 1 N–H and O–H groups in total. The van der Waals surface area contributed by atoms with Gasteiger partial charge in [-0.2, -0.15) is 0 Å². The number of hydrogen-bond donors (Lipinski definition) is 1. The average Bonchev–Trinajstić information content (AvgIpc) is 2.99. The maximum absolute atomic E-state index is 11.5. The Hall–Kier alpha value is -1.69. The monoisotopic (exact) mass is 343 g/mol. The average molecular weight is 344 g/mol. The first-order chi connectivity index (χ1) is 10.6. The number of nitrogens with one attached hydrogen (secondary N) is 1. The number of carbonyl (C=O) groups is 1. The predicted octanol–water partition coefficient (Wildman–Crippen LogP) is 3.65. The smallest absolute Gasteiger partial charge is 0.281 e. The van der Waals surface area contributed by atoms with E-state index in [-0.39, 0.29) is 6.61 Å². The molecule has 0 saturated heterocycles. The molecule has 0 bridgehead atoms. The number of benzene rings is 1. The van der Waals surface area contributed by atoms with Crippen LogP contribution in [0.25, 0.3) is 0 Å². The Morgan fingerprint density at radius 2 is 2.14 bits per heavy atom. The van der Waals surface area contributed by atoms with Crippen LogP contribution in [0.4, 0.5) is 0 Å². The Morgan fingerprint density at radius 1 is 1.27 bits per heavy atom. The molecule has 0 saturated carbocycles. The molecule has 0 unspecified atom stereocenters. The molecule has 1 heterocycles. The largest absolute Gasteiger partial charge is 0.482 e. The zero-order chi connectivity index (χ0) is 15.8. The summed E-state index contributed by atoms with van der Waals surface area (Å²) in [5.74, 6) is 0.874. The van der Waals surface area contributed by atoms with Crippen LogP contribution in [-0.4, -0.2) is 19.1 Å². The number of halogens is 2. The fraction of sp³-hybridized carbons (Fsp3) is 0.267. The summed E-state index contributed by atoms with van der Waals surface area (Å²) in [6, 6.07) is 8.49. The van der Waals surface area contributed by atoms with Gasteiger partial charge in [-0.1, -0.05) is 23.2 Å². The summed E-state index contributed by atoms with van der Waals surface area (Å²) >= 11 is 11.7. The second-order valence-electron chi connectivity index (χ2n) is 4.42. The molecule has 2 aromatic rings. The van der Waals surface area contributed by atoms with Gasteiger partial charge in [-0.05, 0) is 36.8 Å². The van der Waals surface area contributed by atoms with Crippen molar-refractivity contribution in [2.75, 3.05) is 13.2 Å². The van der Waals surface area contributed by atoms with Crippen LogP contribution in [0.1, 0.15) is 12.2 Å². The number of furan rings is 1. The summed E-state index contributed by atoms with van der Waals surface area (Å²) < 4.78 is 10.5. The molecule has 1 aromatic carbocycles. The van der Waals surface area contributed by atoms with Crippen molar-refractivity contribution in [1.82, 2.24) is 5.48 Å². The van der Waals surface area contributed by atoms with Crippen LogP contribution in [0.2, 0.25) is 10.0 Å². The van der Waals surface area contributed by atoms with Crippen LogP contribution in [-0.2, 0) is 16.1 Å². The molecule has 0 aliphatic carbocycles. The first-order valence-electron chi connectivity index (χ1n) is 6.66. The Labute approximate surface area is 138 Å². The maximum atomic E-state index is 11.5. The summed E-state index contributed by atoms with van der Waals surface area (Å²) in [7, 11) is 0. The summed E-state index contributed by atoms with van der Waals surface area (Å²) in [6.07, 6.45) is 3.11. The molecule has 2 rings (SSSR count). The quantitative estimate of drug-likeness (QED) is 0.587. The van der Waals surface area contributed by atoms with Crippen LogP contribution in [0.5, 0.6) is 5.75 Å². The van der Waals surface area contributed by atoms with Gasteiger partial charge in [-0.25, -0.2) is 5.48 Å². The van der Waals surface area contributed by atoms with Gasteiger partial charge >= 0.3 is 0 Å². The molecule has 22 heavy (non-hydrogen) atoms. The van der Waals surface area contributed by atoms with Gasteiger partial charge in [0, 0.05) is 11.4 Å². The van der Waals surface area contributed by atoms with Crippen molar-refractivity contribution in [1.29, 1.82) is 0 Å². The highest BCUT2D eigenvalue weighted by Crippen LogP contribution is 2.27. The number of ether oxygens (including phenoxy) is 1. The van der Waals surface area contributed by atoms with Crippen molar-refractivity contribution in [3.8, 4) is 5.75 Å². The molecular weight excluding hydrogens is 329 g/mol. The van der Waals surface area contributed by atoms with Crippen LogP contribution < -0.4 is 10.2 Å². The van der Waals surface area contributed by atoms with Crippen molar-refractivity contribution in [3.63, 3.8) is 0 Å². The zero-order valence-corrected chi connectivity index (χ0v) is 13.2. The van der Waals surface area contributed by atoms with E-state index in [0.717, 1.165) is 18.6 Å². The van der Waals surface area contributed by atoms with E-state index in [1.165, 1.54) is 0 Å². The molecule has 118 valence electrons. The number of amides is 1. The minimum atomic E-state index is -0.399. The van der Waals surface area contributed by atoms with Crippen molar-refractivity contribution in [2.45, 2.75) is 12.8 Å². The number of hydroxylamine groups is 1. The number of aryl methyl sites for hydroxylation is 1. The third kappa shape index (κ3) is 5.60. The highest BCUT2D eigenvalue weighted by molar-refractivity contribution is 6.35. The normalized spacial score (nSPS) is 10.5. The van der Waals surface area contributed by atoms with Crippen LogP contribution >= 0.6 is 23.2 Å². The van der Waals surface area contributed by atoms with Gasteiger partial charge in [0.15, 0.2) is 6.61 Å². The second kappa shape index (κ2) is 8.68. The van der Waals surface area contributed by atoms with Crippen molar-refractivity contribution in [2.24, 2.45) is 0 Å². The topological polar surface area (TPSA) is 60.7 Å². The van der Waals surface area contributed by atoms with Crippen molar-refractivity contribution < 1.29 is 18.8 Å². The van der Waals surface area contributed by atoms with E-state index >= 15 is 0 Å². The first kappa shape index (κ1) is 16.7. The SMILES string of the molecule is O=C(COc1ccc(Cl)cc1Cl)NOCCCc1ccco1. The van der Waals surface area contributed by atoms with Crippen molar-refractivity contribution in [3.05, 3.63) is 52.4 Å². The van der Waals surface area contributed by atoms with E-state index < -0.39 is 5.91 Å². The van der Waals surface area contributed by atoms with Gasteiger partial charge in [0.25, 0.3) is 5.91 Å². The van der Waals surface area contributed by atoms with E-state index in [1.54, 1.807) is 24.5 Å². The summed E-state index contributed by atoms with van der Waals surface area (Å²) in [4.78, 5) is 16.6. The molecule has 0 fully saturated rings. The van der Waals surface area contributed by atoms with E-state index in [0.29, 0.717) is 22.4 Å². The molecule has 0 aliphatic heterocycles. The number of carbonyl (C=O) groups excluding carboxylic acids is 1. The fourth-order valence-corrected chi connectivity index (χ4v) is 2.13. The Balaban J connectivity index is 1.59. The Bertz CT molecular complexity index is 602. The van der Waals surface area contributed by atoms with Gasteiger partial charge in [-0.3, -0.25) is 9.63 Å². The molecule has 1 aromatic heterocycles. The van der Waals surface area contributed by atoms with E-state index in [4.69, 9.17) is 37.2 Å². The van der Waals surface area contributed by atoms with E-state index in [9.17, 15) is 4.79 Å². The van der Waals surface area contributed by atoms with E-state index in [1.807, 2.05) is 12.1 Å². The molecule has 1 amide bonds. The third-order valence-electron chi connectivity index (χ3n) is 2.69. The molecule has 0 radical (unpaired) electrons. The Kier molecular flexibility index (Phi) is 6.58. The summed E-state index contributed by atoms with van der Waals surface area (Å²) in [5.41, 5.74) is 2.30. The molecule has 0 aliphatic rings. The van der Waals surface area contributed by atoms with Gasteiger partial charge in [0.2, 0.25) is 0 Å². The first-order valence-corrected chi connectivity index (χ1v) is 7.41. The molecule has 0 atom stereocenters. The molecule has 7 heteroatoms. The second-order valence-corrected chi connectivity index (χ2v) is 5.26. The van der Waals surface area contributed by atoms with Crippen LogP contribution in [0.15, 0.2) is 41.0 Å². The third-order valence-corrected chi connectivity index (χ3v) is 3.22. The Morgan fingerprint density at radius 3 is 2.86 bits per heavy atom. The lowest BCUT2D eigenvalue weighted by Gasteiger charge is -2.09. The van der Waals surface area contributed by atoms with Crippen molar-refractivity contribution >= 4 is 29.1 Å².